The average Bonchev–Trinajstić information content (AvgIpc) is 3.12. The van der Waals surface area contributed by atoms with Crippen molar-refractivity contribution in [2.24, 2.45) is 5.11 Å². The Balaban J connectivity index is 1.94. The Morgan fingerprint density at radius 3 is 2.04 bits per heavy atom. The van der Waals surface area contributed by atoms with Crippen LogP contribution in [0, 0.1) is 0 Å². The van der Waals surface area contributed by atoms with Crippen LogP contribution in [0.15, 0.2) is 5.11 Å². The SMILES string of the molecule is CC(=O)N[C@H]1[C@@H](OCCOCCN=[N+]=[N-])O[C@H](CO)[C@H](O)[C@@H]1O[C@@H]1O[C@H](CO)[C@H](O)[C@H](O[C@]2(C(=O)O)C[C@H](O)[C@@H](NC(C)=O)[C@H]([C@H](O)[C@H](O)CO)O2)[C@H]1O. The van der Waals surface area contributed by atoms with Crippen molar-refractivity contribution in [3.63, 3.8) is 0 Å². The summed E-state index contributed by atoms with van der Waals surface area (Å²) in [7, 11) is 0. The van der Waals surface area contributed by atoms with Crippen LogP contribution in [0.5, 0.6) is 0 Å². The van der Waals surface area contributed by atoms with Crippen molar-refractivity contribution in [3.8, 4) is 0 Å². The molecule has 2 amide bonds. The fourth-order valence-corrected chi connectivity index (χ4v) is 6.16. The highest BCUT2D eigenvalue weighted by atomic mass is 16.8. The number of hydrogen-bond donors (Lipinski definition) is 12. The number of azide groups is 1. The number of aliphatic carboxylic acids is 1. The van der Waals surface area contributed by atoms with Crippen LogP contribution >= 0.6 is 0 Å². The van der Waals surface area contributed by atoms with E-state index in [0.29, 0.717) is 0 Å². The summed E-state index contributed by atoms with van der Waals surface area (Å²) in [5.41, 5.74) is 8.37. The quantitative estimate of drug-likeness (QED) is 0.0250. The van der Waals surface area contributed by atoms with Gasteiger partial charge in [-0.25, -0.2) is 4.79 Å². The van der Waals surface area contributed by atoms with E-state index in [4.69, 9.17) is 38.7 Å². The Kier molecular flexibility index (Phi) is 17.5. The van der Waals surface area contributed by atoms with Gasteiger partial charge in [-0.15, -0.1) is 0 Å². The average molecular weight is 788 g/mol. The van der Waals surface area contributed by atoms with E-state index in [-0.39, 0.29) is 26.4 Å². The molecule has 12 N–H and O–H groups in total. The molecular formula is C29H49N5O20. The van der Waals surface area contributed by atoms with Crippen LogP contribution < -0.4 is 10.6 Å². The highest BCUT2D eigenvalue weighted by Gasteiger charge is 2.60. The van der Waals surface area contributed by atoms with Gasteiger partial charge in [0.15, 0.2) is 12.6 Å². The fourth-order valence-electron chi connectivity index (χ4n) is 6.16. The maximum atomic E-state index is 12.8. The number of amides is 2. The summed E-state index contributed by atoms with van der Waals surface area (Å²) in [5.74, 6) is -6.49. The zero-order valence-electron chi connectivity index (χ0n) is 29.2. The maximum absolute atomic E-state index is 12.8. The van der Waals surface area contributed by atoms with Crippen LogP contribution in [0.2, 0.25) is 0 Å². The molecule has 25 nitrogen and oxygen atoms in total. The number of carbonyl (C=O) groups excluding carboxylic acids is 2. The first-order valence-electron chi connectivity index (χ1n) is 16.8. The predicted molar refractivity (Wildman–Crippen MR) is 170 cm³/mol. The first-order chi connectivity index (χ1) is 25.5. The molecule has 3 rings (SSSR count). The smallest absolute Gasteiger partial charge is 0.364 e. The number of ether oxygens (including phenoxy) is 7. The van der Waals surface area contributed by atoms with Gasteiger partial charge in [0.1, 0.15) is 67.1 Å². The lowest BCUT2D eigenvalue weighted by atomic mass is 9.88. The van der Waals surface area contributed by atoms with Crippen molar-refractivity contribution in [1.82, 2.24) is 10.6 Å². The van der Waals surface area contributed by atoms with Crippen molar-refractivity contribution in [2.45, 2.75) is 118 Å². The first-order valence-corrected chi connectivity index (χ1v) is 16.8. The van der Waals surface area contributed by atoms with Gasteiger partial charge in [-0.3, -0.25) is 9.59 Å². The molecule has 0 aromatic carbocycles. The lowest BCUT2D eigenvalue weighted by Gasteiger charge is -2.51. The predicted octanol–water partition coefficient (Wildman–Crippen LogP) is -6.73. The molecule has 25 heteroatoms. The third-order valence-corrected chi connectivity index (χ3v) is 8.76. The number of nitrogens with one attached hydrogen (secondary N) is 2. The molecule has 310 valence electrons. The number of aliphatic hydroxyl groups excluding tert-OH is 9. The van der Waals surface area contributed by atoms with Crippen molar-refractivity contribution >= 4 is 17.8 Å². The van der Waals surface area contributed by atoms with Gasteiger partial charge >= 0.3 is 5.97 Å². The number of aliphatic hydroxyl groups is 9. The van der Waals surface area contributed by atoms with Gasteiger partial charge in [-0.05, 0) is 5.53 Å². The molecule has 3 heterocycles. The van der Waals surface area contributed by atoms with E-state index in [1.165, 1.54) is 0 Å². The molecule has 0 aromatic heterocycles. The highest BCUT2D eigenvalue weighted by Crippen LogP contribution is 2.38. The number of rotatable bonds is 19. The Hall–Kier alpha value is -2.92. The minimum absolute atomic E-state index is 0.0326. The van der Waals surface area contributed by atoms with Gasteiger partial charge in [-0.2, -0.15) is 0 Å². The third kappa shape index (κ3) is 11.1. The van der Waals surface area contributed by atoms with E-state index in [1.807, 2.05) is 0 Å². The van der Waals surface area contributed by atoms with E-state index in [1.54, 1.807) is 0 Å². The lowest BCUT2D eigenvalue weighted by Crippen LogP contribution is -2.71. The van der Waals surface area contributed by atoms with Crippen LogP contribution in [-0.4, -0.2) is 213 Å². The molecule has 0 aliphatic carbocycles. The van der Waals surface area contributed by atoms with E-state index >= 15 is 0 Å². The van der Waals surface area contributed by atoms with Gasteiger partial charge in [0.25, 0.3) is 5.79 Å². The molecule has 0 unspecified atom stereocenters. The van der Waals surface area contributed by atoms with Crippen molar-refractivity contribution in [3.05, 3.63) is 10.4 Å². The summed E-state index contributed by atoms with van der Waals surface area (Å²) in [6, 6.07) is -2.98. The lowest BCUT2D eigenvalue weighted by molar-refractivity contribution is -0.381. The monoisotopic (exact) mass is 787 g/mol. The molecule has 0 radical (unpaired) electrons. The Morgan fingerprint density at radius 1 is 0.889 bits per heavy atom. The molecule has 0 spiro atoms. The number of carboxylic acids is 1. The summed E-state index contributed by atoms with van der Waals surface area (Å²) in [5, 5.41) is 113. The largest absolute Gasteiger partial charge is 0.477 e. The molecule has 3 aliphatic heterocycles. The van der Waals surface area contributed by atoms with Crippen LogP contribution in [0.4, 0.5) is 0 Å². The second-order valence-electron chi connectivity index (χ2n) is 12.6. The highest BCUT2D eigenvalue weighted by molar-refractivity contribution is 5.76. The normalized spacial score (nSPS) is 38.1. The van der Waals surface area contributed by atoms with Gasteiger partial charge < -0.3 is 94.9 Å². The van der Waals surface area contributed by atoms with Gasteiger partial charge in [0.2, 0.25) is 11.8 Å². The van der Waals surface area contributed by atoms with Gasteiger partial charge in [0.05, 0.1) is 51.8 Å². The third-order valence-electron chi connectivity index (χ3n) is 8.76. The topological polar surface area (TPSA) is 391 Å². The fraction of sp³-hybridized carbons (Fsp3) is 0.897. The van der Waals surface area contributed by atoms with E-state index in [9.17, 15) is 65.4 Å². The van der Waals surface area contributed by atoms with Crippen molar-refractivity contribution in [2.75, 3.05) is 46.2 Å². The summed E-state index contributed by atoms with van der Waals surface area (Å²) in [6.45, 7) is -0.903. The van der Waals surface area contributed by atoms with Gasteiger partial charge in [0, 0.05) is 31.7 Å². The first kappa shape index (κ1) is 45.5. The second-order valence-corrected chi connectivity index (χ2v) is 12.6. The van der Waals surface area contributed by atoms with E-state index in [2.05, 4.69) is 20.7 Å². The van der Waals surface area contributed by atoms with Gasteiger partial charge in [-0.1, -0.05) is 5.11 Å². The standard InChI is InChI=1S/C29H49N5O20/c1-11(38)32-17-13(40)7-29(28(46)47,53-24(17)19(42)14(41)8-35)54-25-21(44)16(10-37)51-27(22(25)45)52-23-18(33-12(2)39)26(50-15(9-36)20(23)43)49-6-5-48-4-3-31-34-30/h13-27,35-37,40-45H,3-10H2,1-2H3,(H,32,38)(H,33,39)(H,46,47)/t13-,14+,15+,16+,17+,18+,19+,20-,21-,22+,23+,24+,25-,26-,27-,29-/m0/s1. The van der Waals surface area contributed by atoms with Crippen LogP contribution in [0.1, 0.15) is 20.3 Å². The number of carbonyl (C=O) groups is 3. The number of nitrogens with zero attached hydrogens (tertiary/aromatic N) is 3. The molecule has 0 aromatic rings. The number of hydrogen-bond acceptors (Lipinski definition) is 20. The molecule has 0 saturated carbocycles. The van der Waals surface area contributed by atoms with Crippen LogP contribution in [-0.2, 0) is 47.5 Å². The summed E-state index contributed by atoms with van der Waals surface area (Å²) in [6.07, 6.45) is -25.5. The second kappa shape index (κ2) is 20.8. The zero-order valence-corrected chi connectivity index (χ0v) is 29.2. The molecule has 3 saturated heterocycles. The Labute approximate surface area is 306 Å². The number of carboxylic acid groups (broad SMARTS) is 1. The minimum atomic E-state index is -3.06. The molecule has 16 atom stereocenters. The Bertz CT molecular complexity index is 1280. The molecule has 3 fully saturated rings. The van der Waals surface area contributed by atoms with Crippen molar-refractivity contribution < 1.29 is 98.6 Å². The van der Waals surface area contributed by atoms with E-state index in [0.717, 1.165) is 13.8 Å². The molecule has 3 aliphatic rings. The summed E-state index contributed by atoms with van der Waals surface area (Å²) >= 11 is 0. The van der Waals surface area contributed by atoms with E-state index < -0.39 is 142 Å². The Morgan fingerprint density at radius 2 is 1.48 bits per heavy atom. The maximum Gasteiger partial charge on any atom is 0.364 e. The zero-order chi connectivity index (χ0) is 40.3. The summed E-state index contributed by atoms with van der Waals surface area (Å²) < 4.78 is 39.3. The van der Waals surface area contributed by atoms with Crippen LogP contribution in [0.3, 0.4) is 0 Å². The minimum Gasteiger partial charge on any atom is -0.477 e. The van der Waals surface area contributed by atoms with Crippen LogP contribution in [0.25, 0.3) is 10.4 Å². The van der Waals surface area contributed by atoms with Crippen molar-refractivity contribution in [1.29, 1.82) is 0 Å². The molecular weight excluding hydrogens is 738 g/mol. The summed E-state index contributed by atoms with van der Waals surface area (Å²) in [4.78, 5) is 39.5. The molecule has 54 heavy (non-hydrogen) atoms. The molecule has 0 bridgehead atoms.